The number of benzene rings is 3. The van der Waals surface area contributed by atoms with Crippen molar-refractivity contribution in [2.24, 2.45) is 0 Å². The van der Waals surface area contributed by atoms with Gasteiger partial charge in [-0.25, -0.2) is 8.42 Å². The summed E-state index contributed by atoms with van der Waals surface area (Å²) in [6, 6.07) is 20.8. The number of ether oxygens (including phenoxy) is 1. The number of sulfonamides is 1. The summed E-state index contributed by atoms with van der Waals surface area (Å²) >= 11 is 1.34. The minimum Gasteiger partial charge on any atom is -0.497 e. The summed E-state index contributed by atoms with van der Waals surface area (Å²) < 4.78 is 34.1. The molecular formula is C30H31N3O5S2. The van der Waals surface area contributed by atoms with E-state index >= 15 is 0 Å². The summed E-state index contributed by atoms with van der Waals surface area (Å²) in [6.45, 7) is 3.69. The number of hydrogen-bond acceptors (Lipinski definition) is 6. The van der Waals surface area contributed by atoms with E-state index in [0.717, 1.165) is 41.6 Å². The first kappa shape index (κ1) is 27.7. The third-order valence-corrected chi connectivity index (χ3v) is 10.0. The van der Waals surface area contributed by atoms with Crippen LogP contribution in [0.4, 0.5) is 11.4 Å². The monoisotopic (exact) mass is 577 g/mol. The van der Waals surface area contributed by atoms with Crippen LogP contribution in [0.15, 0.2) is 77.7 Å². The molecule has 1 aliphatic heterocycles. The van der Waals surface area contributed by atoms with Crippen molar-refractivity contribution in [3.8, 4) is 5.75 Å². The van der Waals surface area contributed by atoms with Gasteiger partial charge in [-0.2, -0.15) is 0 Å². The van der Waals surface area contributed by atoms with Crippen molar-refractivity contribution in [3.63, 3.8) is 0 Å². The van der Waals surface area contributed by atoms with Gasteiger partial charge >= 0.3 is 0 Å². The summed E-state index contributed by atoms with van der Waals surface area (Å²) in [5.41, 5.74) is 2.08. The van der Waals surface area contributed by atoms with Gasteiger partial charge < -0.3 is 15.0 Å². The number of fused-ring (bicyclic) bond motifs is 1. The van der Waals surface area contributed by atoms with Crippen molar-refractivity contribution >= 4 is 54.6 Å². The lowest BCUT2D eigenvalue weighted by atomic mass is 10.1. The molecule has 5 rings (SSSR count). The van der Waals surface area contributed by atoms with Crippen LogP contribution in [0, 0.1) is 0 Å². The molecule has 0 bridgehead atoms. The maximum absolute atomic E-state index is 13.4. The molecule has 0 unspecified atom stereocenters. The molecule has 4 aromatic rings. The Balaban J connectivity index is 1.29. The molecule has 40 heavy (non-hydrogen) atoms. The van der Waals surface area contributed by atoms with E-state index < -0.39 is 10.0 Å². The molecule has 0 aliphatic carbocycles. The summed E-state index contributed by atoms with van der Waals surface area (Å²) in [6.07, 6.45) is 2.49. The van der Waals surface area contributed by atoms with Crippen molar-refractivity contribution in [1.82, 2.24) is 4.90 Å². The predicted molar refractivity (Wildman–Crippen MR) is 159 cm³/mol. The van der Waals surface area contributed by atoms with Crippen LogP contribution in [0.25, 0.3) is 10.1 Å². The molecule has 8 nitrogen and oxygen atoms in total. The summed E-state index contributed by atoms with van der Waals surface area (Å²) in [5, 5.41) is 3.70. The van der Waals surface area contributed by atoms with Gasteiger partial charge in [-0.15, -0.1) is 11.3 Å². The lowest BCUT2D eigenvalue weighted by molar-refractivity contribution is -0.129. The lowest BCUT2D eigenvalue weighted by Gasteiger charge is -2.23. The van der Waals surface area contributed by atoms with E-state index in [1.807, 2.05) is 23.1 Å². The Labute approximate surface area is 238 Å². The van der Waals surface area contributed by atoms with Gasteiger partial charge in [-0.1, -0.05) is 12.1 Å². The van der Waals surface area contributed by atoms with E-state index in [1.54, 1.807) is 49.4 Å². The average molecular weight is 578 g/mol. The highest BCUT2D eigenvalue weighted by atomic mass is 32.2. The van der Waals surface area contributed by atoms with E-state index in [9.17, 15) is 18.0 Å². The Morgan fingerprint density at radius 3 is 2.33 bits per heavy atom. The Kier molecular flexibility index (Phi) is 8.09. The molecule has 208 valence electrons. The second-order valence-corrected chi connectivity index (χ2v) is 12.5. The fraction of sp³-hybridized carbons (Fsp3) is 0.267. The zero-order chi connectivity index (χ0) is 28.3. The van der Waals surface area contributed by atoms with E-state index in [1.165, 1.54) is 34.9 Å². The number of amides is 2. The second kappa shape index (κ2) is 11.7. The quantitative estimate of drug-likeness (QED) is 0.282. The Morgan fingerprint density at radius 1 is 0.975 bits per heavy atom. The van der Waals surface area contributed by atoms with Crippen LogP contribution in [0.2, 0.25) is 0 Å². The number of hydrogen-bond donors (Lipinski definition) is 1. The zero-order valence-electron chi connectivity index (χ0n) is 22.4. The minimum absolute atomic E-state index is 0.136. The van der Waals surface area contributed by atoms with Crippen LogP contribution in [-0.4, -0.2) is 51.9 Å². The van der Waals surface area contributed by atoms with Gasteiger partial charge in [-0.3, -0.25) is 13.9 Å². The third-order valence-electron chi connectivity index (χ3n) is 6.97. The van der Waals surface area contributed by atoms with Gasteiger partial charge in [0.05, 0.1) is 29.0 Å². The van der Waals surface area contributed by atoms with Gasteiger partial charge in [0.15, 0.2) is 0 Å². The average Bonchev–Trinajstić information content (AvgIpc) is 3.65. The molecule has 0 saturated carbocycles. The van der Waals surface area contributed by atoms with Gasteiger partial charge in [0.1, 0.15) is 5.75 Å². The first-order valence-corrected chi connectivity index (χ1v) is 15.4. The highest BCUT2D eigenvalue weighted by Gasteiger charge is 2.24. The van der Waals surface area contributed by atoms with Crippen molar-refractivity contribution in [2.45, 2.75) is 31.1 Å². The van der Waals surface area contributed by atoms with Crippen LogP contribution in [0.1, 0.15) is 35.0 Å². The summed E-state index contributed by atoms with van der Waals surface area (Å²) in [5.74, 6) is 0.468. The molecule has 1 aliphatic rings. The molecule has 0 spiro atoms. The highest BCUT2D eigenvalue weighted by Crippen LogP contribution is 2.32. The third kappa shape index (κ3) is 5.83. The molecule has 3 aromatic carbocycles. The maximum Gasteiger partial charge on any atom is 0.265 e. The Morgan fingerprint density at radius 2 is 1.68 bits per heavy atom. The Bertz CT molecular complexity index is 1620. The van der Waals surface area contributed by atoms with Crippen molar-refractivity contribution in [1.29, 1.82) is 0 Å². The SMILES string of the molecule is CCN(c1ccc2sc(C(=O)Nc3ccc(CC(=O)N4CCCC4)cc3)cc2c1)S(=O)(=O)c1ccc(OC)cc1. The molecule has 1 saturated heterocycles. The number of anilines is 2. The van der Waals surface area contributed by atoms with E-state index in [-0.39, 0.29) is 23.3 Å². The van der Waals surface area contributed by atoms with Crippen LogP contribution in [-0.2, 0) is 21.2 Å². The van der Waals surface area contributed by atoms with E-state index in [0.29, 0.717) is 28.4 Å². The van der Waals surface area contributed by atoms with Crippen molar-refractivity contribution in [2.75, 3.05) is 36.4 Å². The normalized spacial score (nSPS) is 13.4. The fourth-order valence-electron chi connectivity index (χ4n) is 4.82. The molecule has 1 aromatic heterocycles. The first-order valence-electron chi connectivity index (χ1n) is 13.2. The number of methoxy groups -OCH3 is 1. The fourth-order valence-corrected chi connectivity index (χ4v) is 7.22. The number of nitrogens with one attached hydrogen (secondary N) is 1. The van der Waals surface area contributed by atoms with Crippen molar-refractivity contribution < 1.29 is 22.7 Å². The molecule has 2 heterocycles. The smallest absolute Gasteiger partial charge is 0.265 e. The summed E-state index contributed by atoms with van der Waals surface area (Å²) in [7, 11) is -2.26. The Hall–Kier alpha value is -3.89. The van der Waals surface area contributed by atoms with E-state index in [2.05, 4.69) is 5.32 Å². The number of thiophene rings is 1. The summed E-state index contributed by atoms with van der Waals surface area (Å²) in [4.78, 5) is 28.0. The van der Waals surface area contributed by atoms with Crippen LogP contribution in [0.5, 0.6) is 5.75 Å². The maximum atomic E-state index is 13.4. The molecule has 2 amide bonds. The highest BCUT2D eigenvalue weighted by molar-refractivity contribution is 7.92. The predicted octanol–water partition coefficient (Wildman–Crippen LogP) is 5.54. The van der Waals surface area contributed by atoms with Gasteiger partial charge in [0, 0.05) is 30.0 Å². The first-order chi connectivity index (χ1) is 19.3. The molecule has 1 N–H and O–H groups in total. The largest absolute Gasteiger partial charge is 0.497 e. The standard InChI is InChI=1S/C30H31N3O5S2/c1-3-33(40(36,37)26-13-11-25(38-2)12-14-26)24-10-15-27-22(19-24)20-28(39-27)30(35)31-23-8-6-21(7-9-23)18-29(34)32-16-4-5-17-32/h6-15,19-20H,3-5,16-18H2,1-2H3,(H,31,35). The van der Waals surface area contributed by atoms with Gasteiger partial charge in [0.25, 0.3) is 15.9 Å². The van der Waals surface area contributed by atoms with E-state index in [4.69, 9.17) is 4.74 Å². The van der Waals surface area contributed by atoms with Gasteiger partial charge in [0.2, 0.25) is 5.91 Å². The number of nitrogens with zero attached hydrogens (tertiary/aromatic N) is 2. The lowest BCUT2D eigenvalue weighted by Crippen LogP contribution is -2.30. The molecule has 1 fully saturated rings. The number of carbonyl (C=O) groups is 2. The zero-order valence-corrected chi connectivity index (χ0v) is 24.1. The molecule has 10 heteroatoms. The molecular weight excluding hydrogens is 546 g/mol. The second-order valence-electron chi connectivity index (χ2n) is 9.59. The van der Waals surface area contributed by atoms with Crippen LogP contribution < -0.4 is 14.4 Å². The van der Waals surface area contributed by atoms with Crippen molar-refractivity contribution in [3.05, 3.63) is 83.2 Å². The van der Waals surface area contributed by atoms with Crippen LogP contribution in [0.3, 0.4) is 0 Å². The number of likely N-dealkylation sites (tertiary alicyclic amines) is 1. The number of carbonyl (C=O) groups excluding carboxylic acids is 2. The van der Waals surface area contributed by atoms with Gasteiger partial charge in [-0.05, 0) is 91.4 Å². The van der Waals surface area contributed by atoms with Crippen LogP contribution >= 0.6 is 11.3 Å². The topological polar surface area (TPSA) is 96.0 Å². The molecule has 0 radical (unpaired) electrons. The number of rotatable bonds is 9. The molecule has 0 atom stereocenters. The minimum atomic E-state index is -3.79.